The predicted octanol–water partition coefficient (Wildman–Crippen LogP) is 2.74. The Bertz CT molecular complexity index is 1500. The summed E-state index contributed by atoms with van der Waals surface area (Å²) in [6.07, 6.45) is 1.52. The number of anilines is 2. The monoisotopic (exact) mass is 547 g/mol. The molecule has 1 fully saturated rings. The van der Waals surface area contributed by atoms with Crippen LogP contribution in [-0.4, -0.2) is 62.1 Å². The van der Waals surface area contributed by atoms with Gasteiger partial charge in [-0.25, -0.2) is 9.97 Å². The molecule has 15 heteroatoms. The first kappa shape index (κ1) is 25.5. The lowest BCUT2D eigenvalue weighted by atomic mass is 10.2. The van der Waals surface area contributed by atoms with Gasteiger partial charge in [0.25, 0.3) is 5.91 Å². The van der Waals surface area contributed by atoms with Crippen molar-refractivity contribution >= 4 is 40.6 Å². The van der Waals surface area contributed by atoms with Gasteiger partial charge in [-0.15, -0.1) is 0 Å². The average molecular weight is 548 g/mol. The van der Waals surface area contributed by atoms with Crippen LogP contribution in [0.2, 0.25) is 5.02 Å². The number of hydrogen-bond acceptors (Lipinski definition) is 7. The minimum Gasteiger partial charge on any atom is -0.351 e. The summed E-state index contributed by atoms with van der Waals surface area (Å²) in [7, 11) is 0. The number of alkyl halides is 3. The van der Waals surface area contributed by atoms with Crippen molar-refractivity contribution in [3.8, 4) is 11.3 Å². The zero-order chi connectivity index (χ0) is 26.9. The molecule has 1 saturated heterocycles. The molecule has 5 rings (SSSR count). The van der Waals surface area contributed by atoms with Crippen molar-refractivity contribution in [2.24, 2.45) is 0 Å². The summed E-state index contributed by atoms with van der Waals surface area (Å²) in [5, 5.41) is 17.2. The largest absolute Gasteiger partial charge is 0.435 e. The SMILES string of the molecule is O=C(CNC(=O)c1ccc(Nc2nccn3c(-c4c[nH]nc4C(F)(F)F)cnc23)cc1Cl)N[C@H]1CCNC1. The first-order chi connectivity index (χ1) is 18.2. The Morgan fingerprint density at radius 1 is 1.24 bits per heavy atom. The summed E-state index contributed by atoms with van der Waals surface area (Å²) >= 11 is 6.33. The number of fused-ring (bicyclic) bond motifs is 1. The van der Waals surface area contributed by atoms with Crippen LogP contribution >= 0.6 is 11.6 Å². The fourth-order valence-corrected chi connectivity index (χ4v) is 4.40. The van der Waals surface area contributed by atoms with Crippen LogP contribution in [0.15, 0.2) is 43.0 Å². The molecule has 0 bridgehead atoms. The number of carbonyl (C=O) groups is 2. The van der Waals surface area contributed by atoms with E-state index in [4.69, 9.17) is 11.6 Å². The molecule has 1 aromatic carbocycles. The van der Waals surface area contributed by atoms with Crippen molar-refractivity contribution in [3.05, 3.63) is 59.3 Å². The van der Waals surface area contributed by atoms with E-state index in [9.17, 15) is 22.8 Å². The van der Waals surface area contributed by atoms with Crippen LogP contribution in [0.25, 0.3) is 16.9 Å². The molecule has 1 aliphatic heterocycles. The standard InChI is InChI=1S/C23H21ClF3N9O2/c24-16-7-12(1-2-14(16)22(38)31-11-18(37)33-13-3-4-28-8-13)34-20-21-30-10-17(36(21)6-5-29-20)15-9-32-35-19(15)23(25,26)27/h1-2,5-7,9-10,13,28H,3-4,8,11H2,(H,29,34)(H,31,38)(H,32,35)(H,33,37)/t13-/m0/s1. The second-order valence-corrected chi connectivity index (χ2v) is 8.92. The number of halogens is 4. The third kappa shape index (κ3) is 5.26. The molecule has 0 radical (unpaired) electrons. The van der Waals surface area contributed by atoms with E-state index in [0.717, 1.165) is 19.2 Å². The highest BCUT2D eigenvalue weighted by Gasteiger charge is 2.37. The van der Waals surface area contributed by atoms with Gasteiger partial charge >= 0.3 is 6.18 Å². The van der Waals surface area contributed by atoms with Crippen LogP contribution in [0.5, 0.6) is 0 Å². The van der Waals surface area contributed by atoms with E-state index >= 15 is 0 Å². The van der Waals surface area contributed by atoms with Crippen LogP contribution in [-0.2, 0) is 11.0 Å². The predicted molar refractivity (Wildman–Crippen MR) is 132 cm³/mol. The van der Waals surface area contributed by atoms with Crippen molar-refractivity contribution in [1.82, 2.24) is 40.5 Å². The van der Waals surface area contributed by atoms with Gasteiger partial charge in [-0.05, 0) is 31.2 Å². The number of rotatable bonds is 7. The Hall–Kier alpha value is -4.17. The highest BCUT2D eigenvalue weighted by Crippen LogP contribution is 2.36. The molecule has 4 aromatic rings. The normalized spacial score (nSPS) is 15.5. The highest BCUT2D eigenvalue weighted by molar-refractivity contribution is 6.34. The van der Waals surface area contributed by atoms with Crippen LogP contribution in [0.1, 0.15) is 22.5 Å². The summed E-state index contributed by atoms with van der Waals surface area (Å²) in [6.45, 7) is 1.34. The van der Waals surface area contributed by atoms with Crippen molar-refractivity contribution in [2.45, 2.75) is 18.6 Å². The molecule has 11 nitrogen and oxygen atoms in total. The Balaban J connectivity index is 1.30. The molecule has 3 aromatic heterocycles. The van der Waals surface area contributed by atoms with Crippen LogP contribution in [0.4, 0.5) is 24.7 Å². The molecule has 38 heavy (non-hydrogen) atoms. The molecule has 4 heterocycles. The summed E-state index contributed by atoms with van der Waals surface area (Å²) in [5.74, 6) is -0.556. The third-order valence-corrected chi connectivity index (χ3v) is 6.24. The summed E-state index contributed by atoms with van der Waals surface area (Å²) in [5.41, 5.74) is -0.152. The van der Waals surface area contributed by atoms with Crippen molar-refractivity contribution in [3.63, 3.8) is 0 Å². The molecule has 1 atom stereocenters. The van der Waals surface area contributed by atoms with Gasteiger partial charge in [-0.3, -0.25) is 19.1 Å². The number of aromatic amines is 1. The van der Waals surface area contributed by atoms with Crippen LogP contribution in [0, 0.1) is 0 Å². The number of imidazole rings is 1. The van der Waals surface area contributed by atoms with E-state index in [1.807, 2.05) is 0 Å². The molecular weight excluding hydrogens is 527 g/mol. The number of benzene rings is 1. The van der Waals surface area contributed by atoms with Gasteiger partial charge in [0, 0.05) is 36.9 Å². The van der Waals surface area contributed by atoms with Crippen molar-refractivity contribution in [2.75, 3.05) is 25.0 Å². The number of nitrogens with zero attached hydrogens (tertiary/aromatic N) is 4. The molecule has 0 unspecified atom stereocenters. The van der Waals surface area contributed by atoms with Gasteiger partial charge in [-0.1, -0.05) is 11.6 Å². The second-order valence-electron chi connectivity index (χ2n) is 8.52. The smallest absolute Gasteiger partial charge is 0.351 e. The maximum Gasteiger partial charge on any atom is 0.435 e. The topological polar surface area (TPSA) is 141 Å². The maximum absolute atomic E-state index is 13.3. The first-order valence-electron chi connectivity index (χ1n) is 11.5. The Morgan fingerprint density at radius 2 is 2.08 bits per heavy atom. The van der Waals surface area contributed by atoms with Gasteiger partial charge in [0.15, 0.2) is 17.2 Å². The quantitative estimate of drug-likeness (QED) is 0.239. The number of H-pyrrole nitrogens is 1. The minimum atomic E-state index is -4.64. The Labute approximate surface area is 218 Å². The van der Waals surface area contributed by atoms with Gasteiger partial charge in [0.05, 0.1) is 34.6 Å². The van der Waals surface area contributed by atoms with Crippen LogP contribution < -0.4 is 21.3 Å². The van der Waals surface area contributed by atoms with Gasteiger partial charge in [0.2, 0.25) is 5.91 Å². The molecule has 0 saturated carbocycles. The fraction of sp³-hybridized carbons (Fsp3) is 0.261. The average Bonchev–Trinajstić information content (AvgIpc) is 3.63. The minimum absolute atomic E-state index is 0.0453. The number of hydrogen-bond donors (Lipinski definition) is 5. The number of amides is 2. The molecule has 0 aliphatic carbocycles. The Morgan fingerprint density at radius 3 is 2.82 bits per heavy atom. The zero-order valence-corrected chi connectivity index (χ0v) is 20.3. The van der Waals surface area contributed by atoms with Gasteiger partial charge in [0.1, 0.15) is 0 Å². The lowest BCUT2D eigenvalue weighted by Crippen LogP contribution is -2.42. The van der Waals surface area contributed by atoms with E-state index < -0.39 is 17.8 Å². The van der Waals surface area contributed by atoms with Gasteiger partial charge in [-0.2, -0.15) is 18.3 Å². The number of nitrogens with one attached hydrogen (secondary N) is 5. The van der Waals surface area contributed by atoms with E-state index in [1.165, 1.54) is 35.1 Å². The molecule has 5 N–H and O–H groups in total. The molecule has 2 amide bonds. The summed E-state index contributed by atoms with van der Waals surface area (Å²) < 4.78 is 41.5. The van der Waals surface area contributed by atoms with Crippen LogP contribution in [0.3, 0.4) is 0 Å². The fourth-order valence-electron chi connectivity index (χ4n) is 4.13. The van der Waals surface area contributed by atoms with E-state index in [0.29, 0.717) is 12.2 Å². The lowest BCUT2D eigenvalue weighted by Gasteiger charge is -2.13. The van der Waals surface area contributed by atoms with Crippen molar-refractivity contribution < 1.29 is 22.8 Å². The number of carbonyl (C=O) groups excluding carboxylic acids is 2. The molecule has 198 valence electrons. The lowest BCUT2D eigenvalue weighted by molar-refractivity contribution is -0.140. The molecular formula is C23H21ClF3N9O2. The zero-order valence-electron chi connectivity index (χ0n) is 19.6. The first-order valence-corrected chi connectivity index (χ1v) is 11.9. The summed E-state index contributed by atoms with van der Waals surface area (Å²) in [4.78, 5) is 33.1. The Kier molecular flexibility index (Phi) is 6.91. The van der Waals surface area contributed by atoms with E-state index in [-0.39, 0.29) is 51.8 Å². The number of aromatic nitrogens is 5. The maximum atomic E-state index is 13.3. The summed E-state index contributed by atoms with van der Waals surface area (Å²) in [6, 6.07) is 4.60. The second kappa shape index (κ2) is 10.3. The molecule has 0 spiro atoms. The van der Waals surface area contributed by atoms with Crippen molar-refractivity contribution in [1.29, 1.82) is 0 Å². The third-order valence-electron chi connectivity index (χ3n) is 5.92. The highest BCUT2D eigenvalue weighted by atomic mass is 35.5. The van der Waals surface area contributed by atoms with Gasteiger partial charge < -0.3 is 21.3 Å². The molecule has 1 aliphatic rings. The van der Waals surface area contributed by atoms with E-state index in [1.54, 1.807) is 6.07 Å². The van der Waals surface area contributed by atoms with E-state index in [2.05, 4.69) is 41.4 Å².